The van der Waals surface area contributed by atoms with Crippen molar-refractivity contribution in [2.75, 3.05) is 23.7 Å². The Balaban J connectivity index is 1.80. The van der Waals surface area contributed by atoms with Crippen LogP contribution in [0.2, 0.25) is 0 Å². The van der Waals surface area contributed by atoms with Crippen molar-refractivity contribution in [1.29, 1.82) is 0 Å². The minimum Gasteiger partial charge on any atom is -0.384 e. The lowest BCUT2D eigenvalue weighted by Crippen LogP contribution is -2.39. The van der Waals surface area contributed by atoms with Crippen LogP contribution in [0.3, 0.4) is 0 Å². The van der Waals surface area contributed by atoms with Gasteiger partial charge in [-0.2, -0.15) is 5.10 Å². The van der Waals surface area contributed by atoms with Gasteiger partial charge in [-0.25, -0.2) is 0 Å². The maximum Gasteiger partial charge on any atom is 0.126 e. The molecular weight excluding hydrogens is 274 g/mol. The van der Waals surface area contributed by atoms with Crippen LogP contribution in [0.5, 0.6) is 0 Å². The molecule has 5 heteroatoms. The average molecular weight is 293 g/mol. The summed E-state index contributed by atoms with van der Waals surface area (Å²) in [6.45, 7) is 2.40. The van der Waals surface area contributed by atoms with Gasteiger partial charge in [0.15, 0.2) is 0 Å². The summed E-state index contributed by atoms with van der Waals surface area (Å²) in [4.78, 5) is 2.54. The van der Waals surface area contributed by atoms with Crippen molar-refractivity contribution in [3.63, 3.8) is 0 Å². The lowest BCUT2D eigenvalue weighted by atomic mass is 9.84. The van der Waals surface area contributed by atoms with E-state index in [1.54, 1.807) is 5.56 Å². The fourth-order valence-electron chi connectivity index (χ4n) is 4.32. The summed E-state index contributed by atoms with van der Waals surface area (Å²) in [5.74, 6) is 2.77. The standard InChI is InChI=1S/C17H19N5/c1-21-14-3-2-11(13-9-19-20-16(13)18)8-12(14)15-10-4-6-22(7-5-10)17(15)21/h2-3,8-10H,4-7H2,1H3,(H3,18,19,20). The number of nitrogen functional groups attached to an aromatic ring is 1. The highest BCUT2D eigenvalue weighted by Crippen LogP contribution is 2.47. The van der Waals surface area contributed by atoms with Gasteiger partial charge >= 0.3 is 0 Å². The first-order valence-electron chi connectivity index (χ1n) is 7.90. The van der Waals surface area contributed by atoms with Crippen LogP contribution >= 0.6 is 0 Å². The molecule has 0 spiro atoms. The first-order chi connectivity index (χ1) is 10.7. The topological polar surface area (TPSA) is 62.9 Å². The van der Waals surface area contributed by atoms with E-state index in [2.05, 4.69) is 44.9 Å². The lowest BCUT2D eigenvalue weighted by Gasteiger charge is -2.41. The summed E-state index contributed by atoms with van der Waals surface area (Å²) in [7, 11) is 2.19. The summed E-state index contributed by atoms with van der Waals surface area (Å²) in [5, 5.41) is 8.25. The average Bonchev–Trinajstić information content (AvgIpc) is 3.12. The molecule has 1 fully saturated rings. The lowest BCUT2D eigenvalue weighted by molar-refractivity contribution is 0.469. The van der Waals surface area contributed by atoms with E-state index < -0.39 is 0 Å². The molecule has 2 aromatic heterocycles. The van der Waals surface area contributed by atoms with Gasteiger partial charge < -0.3 is 15.2 Å². The molecule has 5 nitrogen and oxygen atoms in total. The number of piperidine rings is 1. The second-order valence-corrected chi connectivity index (χ2v) is 6.49. The van der Waals surface area contributed by atoms with Crippen LogP contribution in [-0.2, 0) is 7.05 Å². The Labute approximate surface area is 128 Å². The predicted octanol–water partition coefficient (Wildman–Crippen LogP) is 2.85. The largest absolute Gasteiger partial charge is 0.384 e. The molecule has 0 aliphatic carbocycles. The van der Waals surface area contributed by atoms with Crippen molar-refractivity contribution < 1.29 is 0 Å². The zero-order valence-electron chi connectivity index (χ0n) is 12.6. The second kappa shape index (κ2) is 4.06. The van der Waals surface area contributed by atoms with Crippen LogP contribution in [-0.4, -0.2) is 27.9 Å². The zero-order valence-corrected chi connectivity index (χ0v) is 12.6. The molecule has 3 aromatic rings. The Morgan fingerprint density at radius 1 is 1.27 bits per heavy atom. The molecule has 0 radical (unpaired) electrons. The number of H-pyrrole nitrogens is 1. The van der Waals surface area contributed by atoms with Crippen LogP contribution in [0.15, 0.2) is 24.4 Å². The number of fused-ring (bicyclic) bond motifs is 3. The van der Waals surface area contributed by atoms with Crippen LogP contribution in [0.4, 0.5) is 11.6 Å². The highest BCUT2D eigenvalue weighted by atomic mass is 15.3. The Morgan fingerprint density at radius 2 is 2.09 bits per heavy atom. The number of rotatable bonds is 1. The van der Waals surface area contributed by atoms with E-state index in [0.29, 0.717) is 11.7 Å². The molecule has 6 rings (SSSR count). The third-order valence-corrected chi connectivity index (χ3v) is 5.39. The smallest absolute Gasteiger partial charge is 0.126 e. The van der Waals surface area contributed by atoms with Gasteiger partial charge in [-0.15, -0.1) is 0 Å². The maximum atomic E-state index is 5.99. The Morgan fingerprint density at radius 3 is 2.82 bits per heavy atom. The van der Waals surface area contributed by atoms with Crippen molar-refractivity contribution in [3.05, 3.63) is 30.0 Å². The zero-order chi connectivity index (χ0) is 14.8. The van der Waals surface area contributed by atoms with Crippen LogP contribution in [0.25, 0.3) is 22.0 Å². The van der Waals surface area contributed by atoms with Crippen LogP contribution in [0.1, 0.15) is 24.3 Å². The molecule has 0 atom stereocenters. The van der Waals surface area contributed by atoms with Gasteiger partial charge in [0.1, 0.15) is 11.6 Å². The third kappa shape index (κ3) is 1.41. The molecule has 3 aliphatic rings. The molecule has 3 N–H and O–H groups in total. The van der Waals surface area contributed by atoms with Gasteiger partial charge in [-0.05, 0) is 36.5 Å². The fourth-order valence-corrected chi connectivity index (χ4v) is 4.32. The number of nitrogens with zero attached hydrogens (tertiary/aromatic N) is 3. The molecular formula is C17H19N5. The summed E-state index contributed by atoms with van der Waals surface area (Å²) in [6, 6.07) is 6.65. The predicted molar refractivity (Wildman–Crippen MR) is 89.1 cm³/mol. The van der Waals surface area contributed by atoms with Gasteiger partial charge in [0, 0.05) is 42.2 Å². The Bertz CT molecular complexity index is 880. The molecule has 112 valence electrons. The van der Waals surface area contributed by atoms with Crippen molar-refractivity contribution in [2.45, 2.75) is 18.8 Å². The van der Waals surface area contributed by atoms with Gasteiger partial charge in [0.2, 0.25) is 0 Å². The van der Waals surface area contributed by atoms with E-state index in [9.17, 15) is 0 Å². The number of benzene rings is 1. The number of hydrogen-bond acceptors (Lipinski definition) is 3. The first kappa shape index (κ1) is 12.1. The number of aromatic amines is 1. The molecule has 3 aliphatic heterocycles. The summed E-state index contributed by atoms with van der Waals surface area (Å²) >= 11 is 0. The summed E-state index contributed by atoms with van der Waals surface area (Å²) in [6.07, 6.45) is 4.37. The maximum absolute atomic E-state index is 5.99. The van der Waals surface area contributed by atoms with E-state index >= 15 is 0 Å². The highest BCUT2D eigenvalue weighted by molar-refractivity contribution is 5.95. The highest BCUT2D eigenvalue weighted by Gasteiger charge is 2.35. The van der Waals surface area contributed by atoms with E-state index in [0.717, 1.165) is 11.1 Å². The molecule has 22 heavy (non-hydrogen) atoms. The molecule has 1 aromatic carbocycles. The SMILES string of the molecule is Cn1c2c(c3cc(-c4cn[nH]c4N)ccc31)C1CCN2CC1. The van der Waals surface area contributed by atoms with Crippen molar-refractivity contribution in [1.82, 2.24) is 14.8 Å². The van der Waals surface area contributed by atoms with Crippen molar-refractivity contribution >= 4 is 22.5 Å². The van der Waals surface area contributed by atoms with E-state index in [4.69, 9.17) is 5.73 Å². The van der Waals surface area contributed by atoms with Gasteiger partial charge in [-0.1, -0.05) is 6.07 Å². The molecule has 2 bridgehead atoms. The minimum absolute atomic E-state index is 0.634. The molecule has 0 amide bonds. The number of aryl methyl sites for hydroxylation is 1. The third-order valence-electron chi connectivity index (χ3n) is 5.39. The first-order valence-corrected chi connectivity index (χ1v) is 7.90. The van der Waals surface area contributed by atoms with Gasteiger partial charge in [0.25, 0.3) is 0 Å². The number of hydrogen-bond donors (Lipinski definition) is 2. The minimum atomic E-state index is 0.634. The van der Waals surface area contributed by atoms with Crippen molar-refractivity contribution in [2.24, 2.45) is 7.05 Å². The normalized spacial score (nSPS) is 17.4. The summed E-state index contributed by atoms with van der Waals surface area (Å²) in [5.41, 5.74) is 11.0. The fraction of sp³-hybridized carbons (Fsp3) is 0.353. The number of anilines is 2. The van der Waals surface area contributed by atoms with Gasteiger partial charge in [-0.3, -0.25) is 5.10 Å². The van der Waals surface area contributed by atoms with Crippen molar-refractivity contribution in [3.8, 4) is 11.1 Å². The van der Waals surface area contributed by atoms with E-state index in [1.807, 2.05) is 6.20 Å². The molecule has 0 unspecified atom stereocenters. The molecule has 5 heterocycles. The number of nitrogens with two attached hydrogens (primary N) is 1. The molecule has 1 saturated heterocycles. The number of aromatic nitrogens is 3. The number of nitrogens with one attached hydrogen (secondary N) is 1. The monoisotopic (exact) mass is 293 g/mol. The quantitative estimate of drug-likeness (QED) is 0.725. The van der Waals surface area contributed by atoms with E-state index in [1.165, 1.54) is 42.7 Å². The van der Waals surface area contributed by atoms with Crippen LogP contribution < -0.4 is 10.6 Å². The van der Waals surface area contributed by atoms with E-state index in [-0.39, 0.29) is 0 Å². The molecule has 0 saturated carbocycles. The Hall–Kier alpha value is -2.43. The Kier molecular flexibility index (Phi) is 2.24. The van der Waals surface area contributed by atoms with Gasteiger partial charge in [0.05, 0.1) is 6.20 Å². The second-order valence-electron chi connectivity index (χ2n) is 6.49. The van der Waals surface area contributed by atoms with Crippen LogP contribution in [0, 0.1) is 0 Å². The summed E-state index contributed by atoms with van der Waals surface area (Å²) < 4.78 is 2.36.